The molecule has 0 radical (unpaired) electrons. The Balaban J connectivity index is 1.47. The number of thioether (sulfide) groups is 1. The van der Waals surface area contributed by atoms with E-state index in [0.29, 0.717) is 6.61 Å². The van der Waals surface area contributed by atoms with E-state index < -0.39 is 0 Å². The van der Waals surface area contributed by atoms with Crippen LogP contribution in [0.2, 0.25) is 5.02 Å². The molecule has 2 heterocycles. The quantitative estimate of drug-likeness (QED) is 0.639. The highest BCUT2D eigenvalue weighted by atomic mass is 35.5. The average molecular weight is 374 g/mol. The zero-order valence-corrected chi connectivity index (χ0v) is 15.1. The first-order valence-corrected chi connectivity index (χ1v) is 9.22. The molecule has 0 fully saturated rings. The van der Waals surface area contributed by atoms with Gasteiger partial charge in [0.05, 0.1) is 0 Å². The summed E-state index contributed by atoms with van der Waals surface area (Å²) in [5.41, 5.74) is 1.19. The third-order valence-electron chi connectivity index (χ3n) is 3.95. The van der Waals surface area contributed by atoms with Crippen LogP contribution in [0.15, 0.2) is 53.7 Å². The van der Waals surface area contributed by atoms with E-state index in [0.717, 1.165) is 33.3 Å². The van der Waals surface area contributed by atoms with Crippen LogP contribution < -0.4 is 9.47 Å². The Kier molecular flexibility index (Phi) is 4.55. The predicted octanol–water partition coefficient (Wildman–Crippen LogP) is 4.27. The minimum atomic E-state index is -0.266. The number of aromatic nitrogens is 3. The number of ether oxygens (including phenoxy) is 2. The highest BCUT2D eigenvalue weighted by Crippen LogP contribution is 2.36. The van der Waals surface area contributed by atoms with Crippen LogP contribution in [-0.2, 0) is 12.8 Å². The van der Waals surface area contributed by atoms with Crippen LogP contribution in [0.1, 0.15) is 17.5 Å². The topological polar surface area (TPSA) is 49.2 Å². The fraction of sp³-hybridized carbons (Fsp3) is 0.222. The number of hydrogen-bond acceptors (Lipinski definition) is 5. The lowest BCUT2D eigenvalue weighted by Gasteiger charge is -2.25. The largest absolute Gasteiger partial charge is 0.485 e. The molecule has 5 nitrogen and oxygen atoms in total. The van der Waals surface area contributed by atoms with E-state index in [1.54, 1.807) is 11.8 Å². The summed E-state index contributed by atoms with van der Waals surface area (Å²) in [6.45, 7) is 0.421. The lowest BCUT2D eigenvalue weighted by molar-refractivity contribution is 0.0825. The van der Waals surface area contributed by atoms with E-state index in [4.69, 9.17) is 21.1 Å². The van der Waals surface area contributed by atoms with Crippen molar-refractivity contribution in [1.82, 2.24) is 14.8 Å². The molecular formula is C18H16ClN3O2S. The monoisotopic (exact) mass is 373 g/mol. The van der Waals surface area contributed by atoms with Crippen molar-refractivity contribution in [3.8, 4) is 11.5 Å². The van der Waals surface area contributed by atoms with Gasteiger partial charge in [-0.25, -0.2) is 0 Å². The first-order valence-electron chi connectivity index (χ1n) is 7.86. The first-order chi connectivity index (χ1) is 12.2. The molecular weight excluding hydrogens is 358 g/mol. The van der Waals surface area contributed by atoms with Gasteiger partial charge in [0.15, 0.2) is 28.6 Å². The SMILES string of the molecule is Cn1c(SCc2ccc(Cl)cc2)nnc1C1COc2ccccc2O1. The molecule has 0 saturated carbocycles. The van der Waals surface area contributed by atoms with Gasteiger partial charge in [-0.3, -0.25) is 0 Å². The van der Waals surface area contributed by atoms with Gasteiger partial charge in [-0.15, -0.1) is 10.2 Å². The van der Waals surface area contributed by atoms with Crippen molar-refractivity contribution in [3.05, 3.63) is 64.9 Å². The van der Waals surface area contributed by atoms with Crippen molar-refractivity contribution >= 4 is 23.4 Å². The van der Waals surface area contributed by atoms with Crippen molar-refractivity contribution in [1.29, 1.82) is 0 Å². The summed E-state index contributed by atoms with van der Waals surface area (Å²) in [5, 5.41) is 10.2. The van der Waals surface area contributed by atoms with Crippen molar-refractivity contribution in [2.45, 2.75) is 17.0 Å². The van der Waals surface area contributed by atoms with Crippen LogP contribution in [0.25, 0.3) is 0 Å². The van der Waals surface area contributed by atoms with Crippen LogP contribution in [0.5, 0.6) is 11.5 Å². The second-order valence-corrected chi connectivity index (χ2v) is 7.06. The first kappa shape index (κ1) is 16.3. The number of hydrogen-bond donors (Lipinski definition) is 0. The smallest absolute Gasteiger partial charge is 0.192 e. The Bertz CT molecular complexity index is 882. The Morgan fingerprint density at radius 1 is 1.12 bits per heavy atom. The molecule has 0 spiro atoms. The summed E-state index contributed by atoms with van der Waals surface area (Å²) in [7, 11) is 1.95. The number of para-hydroxylation sites is 2. The second-order valence-electron chi connectivity index (χ2n) is 5.68. The van der Waals surface area contributed by atoms with E-state index in [2.05, 4.69) is 10.2 Å². The fourth-order valence-electron chi connectivity index (χ4n) is 2.61. The van der Waals surface area contributed by atoms with Crippen LogP contribution in [0, 0.1) is 0 Å². The predicted molar refractivity (Wildman–Crippen MR) is 97.3 cm³/mol. The summed E-state index contributed by atoms with van der Waals surface area (Å²) < 4.78 is 13.7. The summed E-state index contributed by atoms with van der Waals surface area (Å²) in [6.07, 6.45) is -0.266. The molecule has 25 heavy (non-hydrogen) atoms. The maximum absolute atomic E-state index is 6.02. The summed E-state index contributed by atoms with van der Waals surface area (Å²) >= 11 is 7.55. The highest BCUT2D eigenvalue weighted by molar-refractivity contribution is 7.98. The molecule has 1 aliphatic rings. The van der Waals surface area contributed by atoms with Gasteiger partial charge in [0, 0.05) is 17.8 Å². The minimum Gasteiger partial charge on any atom is -0.485 e. The zero-order chi connectivity index (χ0) is 17.2. The van der Waals surface area contributed by atoms with E-state index in [1.165, 1.54) is 5.56 Å². The number of halogens is 1. The van der Waals surface area contributed by atoms with Gasteiger partial charge in [0.2, 0.25) is 0 Å². The van der Waals surface area contributed by atoms with Gasteiger partial charge < -0.3 is 14.0 Å². The molecule has 0 amide bonds. The summed E-state index contributed by atoms with van der Waals surface area (Å²) in [5.74, 6) is 3.05. The van der Waals surface area contributed by atoms with Gasteiger partial charge in [-0.1, -0.05) is 47.6 Å². The van der Waals surface area contributed by atoms with E-state index >= 15 is 0 Å². The molecule has 1 unspecified atom stereocenters. The summed E-state index contributed by atoms with van der Waals surface area (Å²) in [4.78, 5) is 0. The maximum Gasteiger partial charge on any atom is 0.192 e. The molecule has 0 saturated heterocycles. The van der Waals surface area contributed by atoms with Crippen molar-refractivity contribution < 1.29 is 9.47 Å². The van der Waals surface area contributed by atoms with Crippen LogP contribution in [0.3, 0.4) is 0 Å². The van der Waals surface area contributed by atoms with Gasteiger partial charge in [0.1, 0.15) is 6.61 Å². The molecule has 0 bridgehead atoms. The molecule has 3 aromatic rings. The summed E-state index contributed by atoms with van der Waals surface area (Å²) in [6, 6.07) is 15.5. The van der Waals surface area contributed by atoms with Gasteiger partial charge >= 0.3 is 0 Å². The standard InChI is InChI=1S/C18H16ClN3O2S/c1-22-17(16-10-23-14-4-2-3-5-15(14)24-16)20-21-18(22)25-11-12-6-8-13(19)9-7-12/h2-9,16H,10-11H2,1H3. The average Bonchev–Trinajstić information content (AvgIpc) is 3.01. The molecule has 0 aliphatic carbocycles. The van der Waals surface area contributed by atoms with Crippen LogP contribution >= 0.6 is 23.4 Å². The third kappa shape index (κ3) is 3.45. The minimum absolute atomic E-state index is 0.266. The van der Waals surface area contributed by atoms with E-state index in [1.807, 2.05) is 60.1 Å². The van der Waals surface area contributed by atoms with Crippen LogP contribution in [-0.4, -0.2) is 21.4 Å². The normalized spacial score (nSPS) is 16.0. The molecule has 1 aliphatic heterocycles. The van der Waals surface area contributed by atoms with Gasteiger partial charge in [-0.05, 0) is 29.8 Å². The second kappa shape index (κ2) is 6.98. The van der Waals surface area contributed by atoms with E-state index in [9.17, 15) is 0 Å². The van der Waals surface area contributed by atoms with Crippen molar-refractivity contribution in [2.24, 2.45) is 7.05 Å². The Labute approximate surface area is 154 Å². The number of benzene rings is 2. The van der Waals surface area contributed by atoms with Crippen molar-refractivity contribution in [2.75, 3.05) is 6.61 Å². The Morgan fingerprint density at radius 3 is 2.68 bits per heavy atom. The molecule has 1 aromatic heterocycles. The number of rotatable bonds is 4. The molecule has 4 rings (SSSR count). The van der Waals surface area contributed by atoms with Crippen LogP contribution in [0.4, 0.5) is 0 Å². The maximum atomic E-state index is 6.02. The molecule has 2 aromatic carbocycles. The van der Waals surface area contributed by atoms with E-state index in [-0.39, 0.29) is 6.10 Å². The molecule has 7 heteroatoms. The third-order valence-corrected chi connectivity index (χ3v) is 5.29. The highest BCUT2D eigenvalue weighted by Gasteiger charge is 2.27. The molecule has 128 valence electrons. The lowest BCUT2D eigenvalue weighted by atomic mass is 10.2. The molecule has 1 atom stereocenters. The molecule has 0 N–H and O–H groups in total. The Morgan fingerprint density at radius 2 is 1.88 bits per heavy atom. The van der Waals surface area contributed by atoms with Gasteiger partial charge in [-0.2, -0.15) is 0 Å². The van der Waals surface area contributed by atoms with Gasteiger partial charge in [0.25, 0.3) is 0 Å². The lowest BCUT2D eigenvalue weighted by Crippen LogP contribution is -2.24. The number of nitrogens with zero attached hydrogens (tertiary/aromatic N) is 3. The zero-order valence-electron chi connectivity index (χ0n) is 13.6. The number of fused-ring (bicyclic) bond motifs is 1. The van der Waals surface area contributed by atoms with Crippen molar-refractivity contribution in [3.63, 3.8) is 0 Å². The Hall–Kier alpha value is -2.18. The fourth-order valence-corrected chi connectivity index (χ4v) is 3.61.